The number of aromatic nitrogens is 2. The second kappa shape index (κ2) is 8.80. The van der Waals surface area contributed by atoms with Crippen molar-refractivity contribution in [2.45, 2.75) is 45.3 Å². The number of rotatable bonds is 7. The molecule has 0 N–H and O–H groups in total. The average molecular weight is 359 g/mol. The fraction of sp³-hybridized carbons (Fsp3) is 0.526. The third-order valence-corrected chi connectivity index (χ3v) is 4.46. The third-order valence-electron chi connectivity index (χ3n) is 4.46. The fourth-order valence-corrected chi connectivity index (χ4v) is 3.22. The van der Waals surface area contributed by atoms with Gasteiger partial charge in [-0.1, -0.05) is 17.3 Å². The van der Waals surface area contributed by atoms with Gasteiger partial charge in [-0.3, -0.25) is 4.79 Å². The molecule has 0 aliphatic carbocycles. The van der Waals surface area contributed by atoms with Gasteiger partial charge in [-0.05, 0) is 43.9 Å². The minimum Gasteiger partial charge on any atom is -0.494 e. The Labute approximate surface area is 153 Å². The highest BCUT2D eigenvalue weighted by molar-refractivity contribution is 5.79. The van der Waals surface area contributed by atoms with Crippen molar-refractivity contribution in [2.24, 2.45) is 0 Å². The molecule has 3 rings (SSSR count). The molecule has 1 aromatic heterocycles. The molecular weight excluding hydrogens is 334 g/mol. The van der Waals surface area contributed by atoms with Crippen molar-refractivity contribution in [3.63, 3.8) is 0 Å². The number of likely N-dealkylation sites (tertiary alicyclic amines) is 1. The summed E-state index contributed by atoms with van der Waals surface area (Å²) in [5, 5.41) is 3.92. The summed E-state index contributed by atoms with van der Waals surface area (Å²) in [6.45, 7) is 3.59. The van der Waals surface area contributed by atoms with Crippen LogP contribution in [0.3, 0.4) is 0 Å². The van der Waals surface area contributed by atoms with E-state index in [2.05, 4.69) is 10.1 Å². The van der Waals surface area contributed by atoms with Crippen molar-refractivity contribution in [1.82, 2.24) is 15.0 Å². The summed E-state index contributed by atoms with van der Waals surface area (Å²) in [7, 11) is 1.59. The molecule has 1 aliphatic heterocycles. The first-order valence-electron chi connectivity index (χ1n) is 9.04. The van der Waals surface area contributed by atoms with Gasteiger partial charge in [0.25, 0.3) is 0 Å². The van der Waals surface area contributed by atoms with Crippen LogP contribution < -0.4 is 4.74 Å². The lowest BCUT2D eigenvalue weighted by Gasteiger charge is -2.33. The van der Waals surface area contributed by atoms with Crippen LogP contribution in [0, 0.1) is 0 Å². The molecule has 1 aromatic carbocycles. The van der Waals surface area contributed by atoms with Crippen LogP contribution in [0.1, 0.15) is 49.5 Å². The SMILES string of the molecule is CCOc1ccc(CC(=O)N2CCCCC2c2nc(COC)no2)cc1. The highest BCUT2D eigenvalue weighted by Crippen LogP contribution is 2.30. The summed E-state index contributed by atoms with van der Waals surface area (Å²) in [4.78, 5) is 19.1. The molecule has 7 heteroatoms. The molecule has 1 amide bonds. The van der Waals surface area contributed by atoms with Crippen molar-refractivity contribution >= 4 is 5.91 Å². The molecule has 26 heavy (non-hydrogen) atoms. The molecule has 0 saturated carbocycles. The van der Waals surface area contributed by atoms with Crippen molar-refractivity contribution in [1.29, 1.82) is 0 Å². The first kappa shape index (κ1) is 18.4. The molecule has 2 heterocycles. The zero-order valence-electron chi connectivity index (χ0n) is 15.3. The van der Waals surface area contributed by atoms with E-state index in [0.717, 1.165) is 30.6 Å². The minimum atomic E-state index is -0.156. The smallest absolute Gasteiger partial charge is 0.249 e. The second-order valence-corrected chi connectivity index (χ2v) is 6.33. The minimum absolute atomic E-state index is 0.0744. The number of carbonyl (C=O) groups excluding carboxylic acids is 1. The van der Waals surface area contributed by atoms with Crippen molar-refractivity contribution in [2.75, 3.05) is 20.3 Å². The van der Waals surface area contributed by atoms with Gasteiger partial charge < -0.3 is 18.9 Å². The predicted molar refractivity (Wildman–Crippen MR) is 94.6 cm³/mol. The summed E-state index contributed by atoms with van der Waals surface area (Å²) in [6.07, 6.45) is 3.22. The van der Waals surface area contributed by atoms with Gasteiger partial charge in [-0.15, -0.1) is 0 Å². The van der Waals surface area contributed by atoms with E-state index in [-0.39, 0.29) is 11.9 Å². The van der Waals surface area contributed by atoms with Gasteiger partial charge in [0.1, 0.15) is 18.4 Å². The Hall–Kier alpha value is -2.41. The predicted octanol–water partition coefficient (Wildman–Crippen LogP) is 2.91. The maximum Gasteiger partial charge on any atom is 0.249 e. The number of piperidine rings is 1. The van der Waals surface area contributed by atoms with Gasteiger partial charge in [-0.25, -0.2) is 0 Å². The quantitative estimate of drug-likeness (QED) is 0.756. The molecule has 0 bridgehead atoms. The van der Waals surface area contributed by atoms with Crippen molar-refractivity contribution in [3.05, 3.63) is 41.5 Å². The van der Waals surface area contributed by atoms with Crippen LogP contribution in [-0.2, 0) is 22.6 Å². The normalized spacial score (nSPS) is 17.3. The molecule has 0 radical (unpaired) electrons. The van der Waals surface area contributed by atoms with Gasteiger partial charge in [0.05, 0.1) is 13.0 Å². The number of nitrogens with zero attached hydrogens (tertiary/aromatic N) is 3. The summed E-state index contributed by atoms with van der Waals surface area (Å²) >= 11 is 0. The number of carbonyl (C=O) groups is 1. The van der Waals surface area contributed by atoms with Gasteiger partial charge in [0.2, 0.25) is 11.8 Å². The topological polar surface area (TPSA) is 77.7 Å². The fourth-order valence-electron chi connectivity index (χ4n) is 3.22. The van der Waals surface area contributed by atoms with Crippen LogP contribution >= 0.6 is 0 Å². The summed E-state index contributed by atoms with van der Waals surface area (Å²) in [5.74, 6) is 1.89. The van der Waals surface area contributed by atoms with E-state index >= 15 is 0 Å². The second-order valence-electron chi connectivity index (χ2n) is 6.33. The summed E-state index contributed by atoms with van der Waals surface area (Å²) in [6, 6.07) is 7.51. The number of benzene rings is 1. The van der Waals surface area contributed by atoms with Crippen LogP contribution in [0.25, 0.3) is 0 Å². The van der Waals surface area contributed by atoms with E-state index < -0.39 is 0 Å². The average Bonchev–Trinajstić information content (AvgIpc) is 3.12. The first-order chi connectivity index (χ1) is 12.7. The van der Waals surface area contributed by atoms with Gasteiger partial charge in [0.15, 0.2) is 5.82 Å². The lowest BCUT2D eigenvalue weighted by atomic mass is 10.0. The van der Waals surface area contributed by atoms with Crippen LogP contribution in [-0.4, -0.2) is 41.2 Å². The number of hydrogen-bond donors (Lipinski definition) is 0. The van der Waals surface area contributed by atoms with E-state index in [0.29, 0.717) is 37.9 Å². The Kier molecular flexibility index (Phi) is 6.22. The van der Waals surface area contributed by atoms with E-state index in [1.807, 2.05) is 36.1 Å². The molecular formula is C19H25N3O4. The largest absolute Gasteiger partial charge is 0.494 e. The lowest BCUT2D eigenvalue weighted by Crippen LogP contribution is -2.39. The van der Waals surface area contributed by atoms with Crippen LogP contribution in [0.4, 0.5) is 0 Å². The zero-order chi connectivity index (χ0) is 18.4. The van der Waals surface area contributed by atoms with Crippen molar-refractivity contribution < 1.29 is 18.8 Å². The van der Waals surface area contributed by atoms with E-state index in [1.165, 1.54) is 0 Å². The standard InChI is InChI=1S/C19H25N3O4/c1-3-25-15-9-7-14(8-10-15)12-18(23)22-11-5-4-6-16(22)19-20-17(13-24-2)21-26-19/h7-10,16H,3-6,11-13H2,1-2H3. The van der Waals surface area contributed by atoms with Gasteiger partial charge >= 0.3 is 0 Å². The maximum absolute atomic E-state index is 12.9. The number of hydrogen-bond acceptors (Lipinski definition) is 6. The highest BCUT2D eigenvalue weighted by atomic mass is 16.5. The van der Waals surface area contributed by atoms with Crippen LogP contribution in [0.2, 0.25) is 0 Å². The number of ether oxygens (including phenoxy) is 2. The number of methoxy groups -OCH3 is 1. The Morgan fingerprint density at radius 1 is 1.31 bits per heavy atom. The zero-order valence-corrected chi connectivity index (χ0v) is 15.3. The summed E-state index contributed by atoms with van der Waals surface area (Å²) in [5.41, 5.74) is 0.966. The molecule has 1 saturated heterocycles. The molecule has 1 unspecified atom stereocenters. The molecule has 140 valence electrons. The molecule has 7 nitrogen and oxygen atoms in total. The molecule has 0 spiro atoms. The monoisotopic (exact) mass is 359 g/mol. The van der Waals surface area contributed by atoms with Crippen LogP contribution in [0.5, 0.6) is 5.75 Å². The Bertz CT molecular complexity index is 714. The molecule has 1 aliphatic rings. The number of amides is 1. The van der Waals surface area contributed by atoms with E-state index in [1.54, 1.807) is 7.11 Å². The van der Waals surface area contributed by atoms with Crippen LogP contribution in [0.15, 0.2) is 28.8 Å². The van der Waals surface area contributed by atoms with E-state index in [9.17, 15) is 4.79 Å². The Morgan fingerprint density at radius 2 is 2.12 bits per heavy atom. The van der Waals surface area contributed by atoms with E-state index in [4.69, 9.17) is 14.0 Å². The highest BCUT2D eigenvalue weighted by Gasteiger charge is 2.32. The Morgan fingerprint density at radius 3 is 2.85 bits per heavy atom. The van der Waals surface area contributed by atoms with Gasteiger partial charge in [0, 0.05) is 13.7 Å². The first-order valence-corrected chi connectivity index (χ1v) is 9.04. The molecule has 1 atom stereocenters. The van der Waals surface area contributed by atoms with Crippen molar-refractivity contribution in [3.8, 4) is 5.75 Å². The summed E-state index contributed by atoms with van der Waals surface area (Å²) < 4.78 is 15.9. The van der Waals surface area contributed by atoms with Gasteiger partial charge in [-0.2, -0.15) is 4.98 Å². The molecule has 1 fully saturated rings. The lowest BCUT2D eigenvalue weighted by molar-refractivity contribution is -0.135. The Balaban J connectivity index is 1.68. The third kappa shape index (κ3) is 4.40. The maximum atomic E-state index is 12.9. The molecule has 2 aromatic rings.